The zero-order chi connectivity index (χ0) is 13.0. The van der Waals surface area contributed by atoms with Crippen LogP contribution in [0.4, 0.5) is 0 Å². The van der Waals surface area contributed by atoms with E-state index in [1.54, 1.807) is 11.8 Å². The van der Waals surface area contributed by atoms with Gasteiger partial charge in [-0.1, -0.05) is 12.1 Å². The number of hydrogen-bond acceptors (Lipinski definition) is 6. The number of aromatic nitrogens is 2. The highest BCUT2D eigenvalue weighted by Gasteiger charge is 2.34. The number of carboxylic acid groups (broad SMARTS) is 1. The summed E-state index contributed by atoms with van der Waals surface area (Å²) in [4.78, 5) is 15.0. The van der Waals surface area contributed by atoms with Crippen molar-refractivity contribution in [1.82, 2.24) is 10.1 Å². The second kappa shape index (κ2) is 6.19. The Hall–Kier alpha value is -1.08. The van der Waals surface area contributed by atoms with Gasteiger partial charge in [0.1, 0.15) is 6.10 Å². The van der Waals surface area contributed by atoms with Crippen molar-refractivity contribution < 1.29 is 19.2 Å². The molecule has 2 heterocycles. The Balaban J connectivity index is 1.88. The molecule has 1 aliphatic heterocycles. The highest BCUT2D eigenvalue weighted by atomic mass is 32.2. The first-order valence-corrected chi connectivity index (χ1v) is 7.14. The summed E-state index contributed by atoms with van der Waals surface area (Å²) in [6, 6.07) is 0. The quantitative estimate of drug-likeness (QED) is 0.793. The predicted molar refractivity (Wildman–Crippen MR) is 65.2 cm³/mol. The first kappa shape index (κ1) is 13.4. The first-order chi connectivity index (χ1) is 8.70. The van der Waals surface area contributed by atoms with Crippen molar-refractivity contribution in [3.8, 4) is 0 Å². The van der Waals surface area contributed by atoms with Gasteiger partial charge in [-0.25, -0.2) is 4.79 Å². The molecule has 2 atom stereocenters. The van der Waals surface area contributed by atoms with Crippen molar-refractivity contribution in [3.05, 3.63) is 11.7 Å². The lowest BCUT2D eigenvalue weighted by Crippen LogP contribution is -2.18. The van der Waals surface area contributed by atoms with E-state index in [0.717, 1.165) is 12.2 Å². The fourth-order valence-electron chi connectivity index (χ4n) is 1.77. The monoisotopic (exact) mass is 272 g/mol. The number of ether oxygens (including phenoxy) is 1. The molecule has 0 aliphatic carbocycles. The lowest BCUT2D eigenvalue weighted by atomic mass is 10.2. The summed E-state index contributed by atoms with van der Waals surface area (Å²) >= 11 is 1.75. The van der Waals surface area contributed by atoms with Crippen LogP contribution in [0.3, 0.4) is 0 Å². The molecule has 1 aromatic rings. The maximum atomic E-state index is 10.8. The van der Waals surface area contributed by atoms with Crippen LogP contribution < -0.4 is 0 Å². The minimum atomic E-state index is -0.934. The standard InChI is InChI=1S/C11H16N2O4S/c1-2-5-18-6-9-12-10(17-13-9)7-3-4-8(16-7)11(14)15/h7-8H,2-6H2,1H3,(H,14,15). The summed E-state index contributed by atoms with van der Waals surface area (Å²) in [7, 11) is 0. The molecule has 0 spiro atoms. The Bertz CT molecular complexity index is 410. The highest BCUT2D eigenvalue weighted by molar-refractivity contribution is 7.98. The van der Waals surface area contributed by atoms with E-state index in [-0.39, 0.29) is 6.10 Å². The fraction of sp³-hybridized carbons (Fsp3) is 0.727. The van der Waals surface area contributed by atoms with E-state index in [2.05, 4.69) is 17.1 Å². The molecule has 0 saturated carbocycles. The van der Waals surface area contributed by atoms with Crippen LogP contribution in [0, 0.1) is 0 Å². The summed E-state index contributed by atoms with van der Waals surface area (Å²) in [6.07, 6.45) is 1.09. The summed E-state index contributed by atoms with van der Waals surface area (Å²) in [5.41, 5.74) is 0. The van der Waals surface area contributed by atoms with E-state index < -0.39 is 12.1 Å². The van der Waals surface area contributed by atoms with Gasteiger partial charge in [0.25, 0.3) is 5.89 Å². The molecule has 1 aromatic heterocycles. The summed E-state index contributed by atoms with van der Waals surface area (Å²) in [6.45, 7) is 2.12. The topological polar surface area (TPSA) is 85.5 Å². The number of hydrogen-bond donors (Lipinski definition) is 1. The van der Waals surface area contributed by atoms with Gasteiger partial charge in [0.15, 0.2) is 11.9 Å². The van der Waals surface area contributed by atoms with Crippen molar-refractivity contribution >= 4 is 17.7 Å². The Morgan fingerprint density at radius 2 is 2.39 bits per heavy atom. The van der Waals surface area contributed by atoms with Gasteiger partial charge < -0.3 is 14.4 Å². The fourth-order valence-corrected chi connectivity index (χ4v) is 2.50. The Morgan fingerprint density at radius 3 is 3.06 bits per heavy atom. The van der Waals surface area contributed by atoms with Crippen LogP contribution in [0.2, 0.25) is 0 Å². The van der Waals surface area contributed by atoms with E-state index >= 15 is 0 Å². The Kier molecular flexibility index (Phi) is 4.60. The minimum Gasteiger partial charge on any atom is -0.479 e. The molecular weight excluding hydrogens is 256 g/mol. The van der Waals surface area contributed by atoms with Gasteiger partial charge >= 0.3 is 5.97 Å². The highest BCUT2D eigenvalue weighted by Crippen LogP contribution is 2.31. The van der Waals surface area contributed by atoms with Gasteiger partial charge in [0.2, 0.25) is 0 Å². The zero-order valence-electron chi connectivity index (χ0n) is 10.2. The van der Waals surface area contributed by atoms with Crippen LogP contribution in [-0.4, -0.2) is 33.1 Å². The number of rotatable bonds is 6. The molecule has 0 amide bonds. The number of carboxylic acids is 1. The van der Waals surface area contributed by atoms with E-state index in [4.69, 9.17) is 14.4 Å². The van der Waals surface area contributed by atoms with Gasteiger partial charge in [-0.3, -0.25) is 0 Å². The normalized spacial score (nSPS) is 23.4. The smallest absolute Gasteiger partial charge is 0.332 e. The molecule has 2 unspecified atom stereocenters. The van der Waals surface area contributed by atoms with E-state index in [1.165, 1.54) is 0 Å². The molecule has 1 fully saturated rings. The van der Waals surface area contributed by atoms with Gasteiger partial charge in [-0.15, -0.1) is 0 Å². The third-order valence-electron chi connectivity index (χ3n) is 2.63. The molecule has 2 rings (SSSR count). The summed E-state index contributed by atoms with van der Waals surface area (Å²) < 4.78 is 10.5. The van der Waals surface area contributed by atoms with Crippen molar-refractivity contribution in [3.63, 3.8) is 0 Å². The Morgan fingerprint density at radius 1 is 1.56 bits per heavy atom. The molecule has 1 saturated heterocycles. The number of nitrogens with zero attached hydrogens (tertiary/aromatic N) is 2. The predicted octanol–water partition coefficient (Wildman–Crippen LogP) is 2.02. The zero-order valence-corrected chi connectivity index (χ0v) is 11.0. The average molecular weight is 272 g/mol. The summed E-state index contributed by atoms with van der Waals surface area (Å²) in [5.74, 6) is 1.88. The largest absolute Gasteiger partial charge is 0.479 e. The molecule has 1 aliphatic rings. The lowest BCUT2D eigenvalue weighted by Gasteiger charge is -2.05. The van der Waals surface area contributed by atoms with Gasteiger partial charge in [-0.2, -0.15) is 16.7 Å². The van der Waals surface area contributed by atoms with Gasteiger partial charge in [0.05, 0.1) is 5.75 Å². The SMILES string of the molecule is CCCSCc1noc(C2CCC(C(=O)O)O2)n1. The van der Waals surface area contributed by atoms with Crippen LogP contribution >= 0.6 is 11.8 Å². The van der Waals surface area contributed by atoms with Gasteiger partial charge in [0, 0.05) is 0 Å². The van der Waals surface area contributed by atoms with Crippen LogP contribution in [-0.2, 0) is 15.3 Å². The Labute approximate surface area is 109 Å². The van der Waals surface area contributed by atoms with Crippen LogP contribution in [0.1, 0.15) is 44.0 Å². The molecule has 0 aromatic carbocycles. The molecule has 0 radical (unpaired) electrons. The third kappa shape index (κ3) is 3.23. The lowest BCUT2D eigenvalue weighted by molar-refractivity contribution is -0.150. The van der Waals surface area contributed by atoms with Crippen molar-refractivity contribution in [1.29, 1.82) is 0 Å². The minimum absolute atomic E-state index is 0.372. The number of aliphatic carboxylic acids is 1. The number of thioether (sulfide) groups is 1. The molecule has 1 N–H and O–H groups in total. The number of carbonyl (C=O) groups is 1. The van der Waals surface area contributed by atoms with E-state index in [0.29, 0.717) is 30.3 Å². The van der Waals surface area contributed by atoms with Crippen LogP contribution in [0.5, 0.6) is 0 Å². The first-order valence-electron chi connectivity index (χ1n) is 5.99. The molecule has 7 heteroatoms. The molecule has 0 bridgehead atoms. The molecule has 100 valence electrons. The van der Waals surface area contributed by atoms with Crippen molar-refractivity contribution in [2.75, 3.05) is 5.75 Å². The average Bonchev–Trinajstić information content (AvgIpc) is 2.97. The van der Waals surface area contributed by atoms with Crippen LogP contribution in [0.15, 0.2) is 4.52 Å². The second-order valence-electron chi connectivity index (χ2n) is 4.13. The van der Waals surface area contributed by atoms with E-state index in [9.17, 15) is 4.79 Å². The van der Waals surface area contributed by atoms with E-state index in [1.807, 2.05) is 0 Å². The molecule has 18 heavy (non-hydrogen) atoms. The van der Waals surface area contributed by atoms with Crippen molar-refractivity contribution in [2.24, 2.45) is 0 Å². The maximum absolute atomic E-state index is 10.8. The third-order valence-corrected chi connectivity index (χ3v) is 3.79. The van der Waals surface area contributed by atoms with Crippen LogP contribution in [0.25, 0.3) is 0 Å². The van der Waals surface area contributed by atoms with Gasteiger partial charge in [-0.05, 0) is 25.0 Å². The molecular formula is C11H16N2O4S. The maximum Gasteiger partial charge on any atom is 0.332 e. The summed E-state index contributed by atoms with van der Waals surface area (Å²) in [5, 5.41) is 12.7. The van der Waals surface area contributed by atoms with Crippen molar-refractivity contribution in [2.45, 2.75) is 44.1 Å². The second-order valence-corrected chi connectivity index (χ2v) is 5.24. The molecule has 6 nitrogen and oxygen atoms in total.